The maximum atomic E-state index is 13.8. The van der Waals surface area contributed by atoms with Crippen molar-refractivity contribution in [3.8, 4) is 5.75 Å². The highest BCUT2D eigenvalue weighted by Gasteiger charge is 2.23. The van der Waals surface area contributed by atoms with Crippen molar-refractivity contribution in [2.45, 2.75) is 6.10 Å². The summed E-state index contributed by atoms with van der Waals surface area (Å²) in [5.41, 5.74) is -0.387. The van der Waals surface area contributed by atoms with Gasteiger partial charge in [0.05, 0.1) is 16.5 Å². The maximum absolute atomic E-state index is 13.8. The Morgan fingerprint density at radius 2 is 1.79 bits per heavy atom. The fraction of sp³-hybridized carbons (Fsp3) is 0.167. The van der Waals surface area contributed by atoms with Gasteiger partial charge in [0, 0.05) is 21.5 Å². The third-order valence-electron chi connectivity index (χ3n) is 2.50. The number of methoxy groups -OCH3 is 1. The normalized spacial score (nSPS) is 12.5. The zero-order valence-electron chi connectivity index (χ0n) is 9.58. The molecule has 2 aromatic rings. The van der Waals surface area contributed by atoms with E-state index in [0.29, 0.717) is 4.88 Å². The lowest BCUT2D eigenvalue weighted by molar-refractivity contribution is 0.212. The number of aliphatic hydroxyl groups excluding tert-OH is 1. The first-order chi connectivity index (χ1) is 8.93. The number of hydrogen-bond acceptors (Lipinski definition) is 3. The molecule has 1 atom stereocenters. The summed E-state index contributed by atoms with van der Waals surface area (Å²) in [4.78, 5) is 0.432. The Hall–Kier alpha value is -0.500. The van der Waals surface area contributed by atoms with Crippen LogP contribution in [0.1, 0.15) is 16.5 Å². The Bertz CT molecular complexity index is 573. The van der Waals surface area contributed by atoms with Gasteiger partial charge in [-0.15, -0.1) is 11.3 Å². The first-order valence-corrected chi connectivity index (χ1v) is 7.50. The molecule has 19 heavy (non-hydrogen) atoms. The van der Waals surface area contributed by atoms with Gasteiger partial charge in [-0.1, -0.05) is 0 Å². The predicted molar refractivity (Wildman–Crippen MR) is 76.7 cm³/mol. The summed E-state index contributed by atoms with van der Waals surface area (Å²) in [5.74, 6) is -1.62. The molecule has 0 aliphatic rings. The molecule has 0 aliphatic heterocycles. The molecule has 1 heterocycles. The summed E-state index contributed by atoms with van der Waals surface area (Å²) in [6, 6.07) is 3.70. The predicted octanol–water partition coefficient (Wildman–Crippen LogP) is 4.64. The molecule has 0 bridgehead atoms. The molecule has 0 saturated heterocycles. The van der Waals surface area contributed by atoms with Crippen molar-refractivity contribution in [2.24, 2.45) is 0 Å². The molecular weight excluding hydrogens is 406 g/mol. The van der Waals surface area contributed by atoms with E-state index >= 15 is 0 Å². The van der Waals surface area contributed by atoms with Crippen molar-refractivity contribution in [3.05, 3.63) is 48.5 Å². The van der Waals surface area contributed by atoms with E-state index in [-0.39, 0.29) is 11.3 Å². The van der Waals surface area contributed by atoms with Gasteiger partial charge in [-0.25, -0.2) is 8.78 Å². The lowest BCUT2D eigenvalue weighted by atomic mass is 10.1. The molecule has 7 heteroatoms. The van der Waals surface area contributed by atoms with Gasteiger partial charge in [0.15, 0.2) is 0 Å². The van der Waals surface area contributed by atoms with Crippen molar-refractivity contribution in [3.63, 3.8) is 0 Å². The van der Waals surface area contributed by atoms with Crippen LogP contribution in [0.2, 0.25) is 0 Å². The Labute approximate surface area is 129 Å². The maximum Gasteiger partial charge on any atom is 0.136 e. The Kier molecular flexibility index (Phi) is 4.60. The van der Waals surface area contributed by atoms with Gasteiger partial charge < -0.3 is 9.84 Å². The molecule has 102 valence electrons. The second kappa shape index (κ2) is 5.87. The van der Waals surface area contributed by atoms with Crippen LogP contribution in [0.3, 0.4) is 0 Å². The van der Waals surface area contributed by atoms with Crippen LogP contribution < -0.4 is 4.74 Å². The molecule has 0 fully saturated rings. The quantitative estimate of drug-likeness (QED) is 0.794. The fourth-order valence-corrected chi connectivity index (χ4v) is 3.67. The molecule has 0 saturated carbocycles. The van der Waals surface area contributed by atoms with Crippen molar-refractivity contribution >= 4 is 43.2 Å². The van der Waals surface area contributed by atoms with E-state index in [4.69, 9.17) is 4.74 Å². The number of benzene rings is 1. The minimum absolute atomic E-state index is 0.0690. The summed E-state index contributed by atoms with van der Waals surface area (Å²) in [6.45, 7) is 0. The van der Waals surface area contributed by atoms with E-state index in [2.05, 4.69) is 31.9 Å². The monoisotopic (exact) mass is 412 g/mol. The smallest absolute Gasteiger partial charge is 0.136 e. The average Bonchev–Trinajstić information content (AvgIpc) is 2.68. The lowest BCUT2D eigenvalue weighted by Crippen LogP contribution is -2.05. The molecule has 0 aliphatic carbocycles. The molecular formula is C12H8Br2F2O2S. The third kappa shape index (κ3) is 2.99. The molecule has 1 N–H and O–H groups in total. The zero-order chi connectivity index (χ0) is 14.2. The molecule has 1 aromatic heterocycles. The number of ether oxygens (including phenoxy) is 1. The molecule has 1 aromatic carbocycles. The van der Waals surface area contributed by atoms with Crippen LogP contribution in [0.5, 0.6) is 5.75 Å². The lowest BCUT2D eigenvalue weighted by Gasteiger charge is -2.12. The summed E-state index contributed by atoms with van der Waals surface area (Å²) >= 11 is 7.73. The molecule has 0 amide bonds. The van der Waals surface area contributed by atoms with Crippen LogP contribution in [-0.2, 0) is 0 Å². The van der Waals surface area contributed by atoms with Gasteiger partial charge in [0.1, 0.15) is 23.5 Å². The third-order valence-corrected chi connectivity index (χ3v) is 5.80. The average molecular weight is 414 g/mol. The van der Waals surface area contributed by atoms with Crippen LogP contribution in [0.25, 0.3) is 0 Å². The van der Waals surface area contributed by atoms with Crippen LogP contribution in [0.15, 0.2) is 26.5 Å². The van der Waals surface area contributed by atoms with Crippen LogP contribution in [-0.4, -0.2) is 12.2 Å². The molecule has 2 rings (SSSR count). The standard InChI is InChI=1S/C12H8Br2F2O2S/c1-18-5-2-7(15)10(8(16)3-5)11(17)9-4-6(13)12(14)19-9/h2-4,11,17H,1H3. The zero-order valence-corrected chi connectivity index (χ0v) is 13.6. The Morgan fingerprint density at radius 3 is 2.21 bits per heavy atom. The molecule has 0 radical (unpaired) electrons. The first-order valence-electron chi connectivity index (χ1n) is 5.09. The van der Waals surface area contributed by atoms with E-state index in [9.17, 15) is 13.9 Å². The molecule has 1 unspecified atom stereocenters. The van der Waals surface area contributed by atoms with Crippen LogP contribution in [0.4, 0.5) is 8.78 Å². The Morgan fingerprint density at radius 1 is 1.21 bits per heavy atom. The van der Waals surface area contributed by atoms with Gasteiger partial charge in [-0.05, 0) is 37.9 Å². The largest absolute Gasteiger partial charge is 0.497 e. The summed E-state index contributed by atoms with van der Waals surface area (Å²) in [6.07, 6.45) is -1.36. The first kappa shape index (κ1) is 14.9. The van der Waals surface area contributed by atoms with E-state index in [1.807, 2.05) is 0 Å². The van der Waals surface area contributed by atoms with Crippen molar-refractivity contribution < 1.29 is 18.6 Å². The highest BCUT2D eigenvalue weighted by molar-refractivity contribution is 9.13. The highest BCUT2D eigenvalue weighted by atomic mass is 79.9. The summed E-state index contributed by atoms with van der Waals surface area (Å²) in [7, 11) is 1.32. The Balaban J connectivity index is 2.46. The van der Waals surface area contributed by atoms with E-state index in [1.54, 1.807) is 6.07 Å². The summed E-state index contributed by atoms with van der Waals surface area (Å²) in [5, 5.41) is 10.1. The molecule has 2 nitrogen and oxygen atoms in total. The number of thiophene rings is 1. The second-order valence-electron chi connectivity index (χ2n) is 3.68. The van der Waals surface area contributed by atoms with Crippen LogP contribution >= 0.6 is 43.2 Å². The van der Waals surface area contributed by atoms with Gasteiger partial charge in [0.25, 0.3) is 0 Å². The highest BCUT2D eigenvalue weighted by Crippen LogP contribution is 2.39. The van der Waals surface area contributed by atoms with Crippen molar-refractivity contribution in [1.29, 1.82) is 0 Å². The van der Waals surface area contributed by atoms with Crippen molar-refractivity contribution in [1.82, 2.24) is 0 Å². The minimum atomic E-state index is -1.36. The van der Waals surface area contributed by atoms with Gasteiger partial charge in [-0.3, -0.25) is 0 Å². The van der Waals surface area contributed by atoms with Gasteiger partial charge in [-0.2, -0.15) is 0 Å². The second-order valence-corrected chi connectivity index (χ2v) is 6.93. The van der Waals surface area contributed by atoms with Gasteiger partial charge in [0.2, 0.25) is 0 Å². The molecule has 0 spiro atoms. The van der Waals surface area contributed by atoms with Crippen molar-refractivity contribution in [2.75, 3.05) is 7.11 Å². The number of hydrogen-bond donors (Lipinski definition) is 1. The van der Waals surface area contributed by atoms with E-state index in [1.165, 1.54) is 18.4 Å². The fourth-order valence-electron chi connectivity index (χ4n) is 1.58. The number of rotatable bonds is 3. The van der Waals surface area contributed by atoms with E-state index in [0.717, 1.165) is 20.4 Å². The number of aliphatic hydroxyl groups is 1. The summed E-state index contributed by atoms with van der Waals surface area (Å²) < 4.78 is 33.9. The SMILES string of the molecule is COc1cc(F)c(C(O)c2cc(Br)c(Br)s2)c(F)c1. The van der Waals surface area contributed by atoms with Gasteiger partial charge >= 0.3 is 0 Å². The topological polar surface area (TPSA) is 29.5 Å². The number of halogens is 4. The van der Waals surface area contributed by atoms with E-state index < -0.39 is 17.7 Å². The van der Waals surface area contributed by atoms with Crippen LogP contribution in [0, 0.1) is 11.6 Å². The minimum Gasteiger partial charge on any atom is -0.497 e.